The molecule has 2 rings (SSSR count). The summed E-state index contributed by atoms with van der Waals surface area (Å²) in [5, 5.41) is 2.16. The van der Waals surface area contributed by atoms with E-state index in [0.717, 1.165) is 6.26 Å². The van der Waals surface area contributed by atoms with E-state index >= 15 is 0 Å². The molecule has 104 valence electrons. The second-order valence-corrected chi connectivity index (χ2v) is 6.58. The molecule has 0 radical (unpaired) electrons. The Balaban J connectivity index is 2.35. The molecule has 0 bridgehead atoms. The molecule has 0 aromatic carbocycles. The molecule has 9 heteroatoms. The fourth-order valence-electron chi connectivity index (χ4n) is 1.32. The summed E-state index contributed by atoms with van der Waals surface area (Å²) in [5.74, 6) is -0.558. The number of rotatable bonds is 3. The summed E-state index contributed by atoms with van der Waals surface area (Å²) in [5.41, 5.74) is 0.410. The average Bonchev–Trinajstić information content (AvgIpc) is 2.39. The lowest BCUT2D eigenvalue weighted by atomic mass is 10.3. The van der Waals surface area contributed by atoms with Gasteiger partial charge in [0.15, 0.2) is 0 Å². The number of halogens is 1. The van der Waals surface area contributed by atoms with Crippen LogP contribution in [0.25, 0.3) is 0 Å². The molecule has 7 nitrogen and oxygen atoms in total. The molecule has 0 fully saturated rings. The van der Waals surface area contributed by atoms with Crippen molar-refractivity contribution in [3.8, 4) is 0 Å². The SMILES string of the molecule is CS(=O)(=O)c1ncc(Br)c(C(=O)Nc2cccnc2)n1. The molecule has 0 aliphatic rings. The van der Waals surface area contributed by atoms with Crippen molar-refractivity contribution in [3.05, 3.63) is 40.9 Å². The molecule has 0 saturated heterocycles. The van der Waals surface area contributed by atoms with Crippen molar-refractivity contribution in [2.24, 2.45) is 0 Å². The van der Waals surface area contributed by atoms with E-state index < -0.39 is 20.9 Å². The van der Waals surface area contributed by atoms with Crippen LogP contribution < -0.4 is 5.32 Å². The number of carbonyl (C=O) groups is 1. The number of carbonyl (C=O) groups excluding carboxylic acids is 1. The molecular formula is C11H9BrN4O3S. The zero-order chi connectivity index (χ0) is 14.8. The Morgan fingerprint density at radius 3 is 2.70 bits per heavy atom. The van der Waals surface area contributed by atoms with Gasteiger partial charge in [0.25, 0.3) is 5.91 Å². The van der Waals surface area contributed by atoms with Crippen LogP contribution in [0.3, 0.4) is 0 Å². The zero-order valence-corrected chi connectivity index (χ0v) is 12.6. The second kappa shape index (κ2) is 5.63. The van der Waals surface area contributed by atoms with Crippen LogP contribution in [0.15, 0.2) is 40.4 Å². The van der Waals surface area contributed by atoms with Gasteiger partial charge < -0.3 is 5.32 Å². The van der Waals surface area contributed by atoms with Crippen LogP contribution in [0, 0.1) is 0 Å². The van der Waals surface area contributed by atoms with Crippen LogP contribution in [0.4, 0.5) is 5.69 Å². The first kappa shape index (κ1) is 14.5. The van der Waals surface area contributed by atoms with Gasteiger partial charge in [0.2, 0.25) is 15.0 Å². The first-order valence-electron chi connectivity index (χ1n) is 5.32. The Bertz CT molecular complexity index is 750. The van der Waals surface area contributed by atoms with Crippen LogP contribution in [-0.2, 0) is 9.84 Å². The number of aromatic nitrogens is 3. The highest BCUT2D eigenvalue weighted by atomic mass is 79.9. The maximum Gasteiger partial charge on any atom is 0.275 e. The Morgan fingerprint density at radius 2 is 2.10 bits per heavy atom. The summed E-state index contributed by atoms with van der Waals surface area (Å²) in [6, 6.07) is 3.31. The van der Waals surface area contributed by atoms with Crippen molar-refractivity contribution in [1.82, 2.24) is 15.0 Å². The molecule has 0 spiro atoms. The molecular weight excluding hydrogens is 348 g/mol. The van der Waals surface area contributed by atoms with E-state index in [4.69, 9.17) is 0 Å². The lowest BCUT2D eigenvalue weighted by molar-refractivity contribution is 0.102. The van der Waals surface area contributed by atoms with Crippen LogP contribution >= 0.6 is 15.9 Å². The highest BCUT2D eigenvalue weighted by Gasteiger charge is 2.18. The normalized spacial score (nSPS) is 11.1. The second-order valence-electron chi connectivity index (χ2n) is 3.82. The largest absolute Gasteiger partial charge is 0.319 e. The van der Waals surface area contributed by atoms with Gasteiger partial charge in [-0.1, -0.05) is 0 Å². The minimum atomic E-state index is -3.58. The summed E-state index contributed by atoms with van der Waals surface area (Å²) in [4.78, 5) is 23.3. The van der Waals surface area contributed by atoms with E-state index in [2.05, 4.69) is 36.2 Å². The minimum absolute atomic E-state index is 0.0655. The fourth-order valence-corrected chi connectivity index (χ4v) is 2.19. The molecule has 2 aromatic heterocycles. The molecule has 0 unspecified atom stereocenters. The summed E-state index contributed by atoms with van der Waals surface area (Å²) < 4.78 is 23.1. The van der Waals surface area contributed by atoms with Crippen molar-refractivity contribution in [2.75, 3.05) is 11.6 Å². The highest BCUT2D eigenvalue weighted by Crippen LogP contribution is 2.16. The van der Waals surface area contributed by atoms with E-state index in [1.54, 1.807) is 18.3 Å². The third-order valence-corrected chi connectivity index (χ3v) is 3.63. The van der Waals surface area contributed by atoms with Gasteiger partial charge in [0.1, 0.15) is 5.69 Å². The van der Waals surface area contributed by atoms with Crippen LogP contribution in [0.5, 0.6) is 0 Å². The maximum atomic E-state index is 12.1. The monoisotopic (exact) mass is 356 g/mol. The molecule has 20 heavy (non-hydrogen) atoms. The number of pyridine rings is 1. The Kier molecular flexibility index (Phi) is 4.09. The smallest absolute Gasteiger partial charge is 0.275 e. The standard InChI is InChI=1S/C11H9BrN4O3S/c1-20(18,19)11-14-6-8(12)9(16-11)10(17)15-7-3-2-4-13-5-7/h2-6H,1H3,(H,15,17). The lowest BCUT2D eigenvalue weighted by Crippen LogP contribution is -2.17. The molecule has 0 aliphatic heterocycles. The van der Waals surface area contributed by atoms with Gasteiger partial charge in [-0.05, 0) is 28.1 Å². The van der Waals surface area contributed by atoms with Gasteiger partial charge in [0, 0.05) is 18.6 Å². The number of hydrogen-bond acceptors (Lipinski definition) is 6. The van der Waals surface area contributed by atoms with Crippen LogP contribution in [0.2, 0.25) is 0 Å². The van der Waals surface area contributed by atoms with Gasteiger partial charge in [-0.2, -0.15) is 0 Å². The van der Waals surface area contributed by atoms with E-state index in [0.29, 0.717) is 10.2 Å². The molecule has 2 heterocycles. The summed E-state index contributed by atoms with van der Waals surface area (Å²) in [6.07, 6.45) is 5.23. The fraction of sp³-hybridized carbons (Fsp3) is 0.0909. The summed E-state index contributed by atoms with van der Waals surface area (Å²) in [7, 11) is -3.58. The van der Waals surface area contributed by atoms with Crippen molar-refractivity contribution in [1.29, 1.82) is 0 Å². The van der Waals surface area contributed by atoms with E-state index in [1.807, 2.05) is 0 Å². The molecule has 1 amide bonds. The first-order valence-corrected chi connectivity index (χ1v) is 8.00. The van der Waals surface area contributed by atoms with Crippen molar-refractivity contribution >= 4 is 37.4 Å². The maximum absolute atomic E-state index is 12.1. The molecule has 1 N–H and O–H groups in total. The Morgan fingerprint density at radius 1 is 1.35 bits per heavy atom. The Hall–Kier alpha value is -1.87. The van der Waals surface area contributed by atoms with Gasteiger partial charge >= 0.3 is 0 Å². The van der Waals surface area contributed by atoms with Crippen molar-refractivity contribution in [3.63, 3.8) is 0 Å². The summed E-state index contributed by atoms with van der Waals surface area (Å²) in [6.45, 7) is 0. The Labute approximate surface area is 123 Å². The van der Waals surface area contributed by atoms with Gasteiger partial charge in [0.05, 0.1) is 16.4 Å². The number of hydrogen-bond donors (Lipinski definition) is 1. The molecule has 2 aromatic rings. The number of nitrogens with zero attached hydrogens (tertiary/aromatic N) is 3. The first-order chi connectivity index (χ1) is 9.38. The number of anilines is 1. The third-order valence-electron chi connectivity index (χ3n) is 2.19. The predicted molar refractivity (Wildman–Crippen MR) is 75.0 cm³/mol. The van der Waals surface area contributed by atoms with Gasteiger partial charge in [-0.15, -0.1) is 0 Å². The molecule has 0 aliphatic carbocycles. The minimum Gasteiger partial charge on any atom is -0.319 e. The third kappa shape index (κ3) is 3.36. The van der Waals surface area contributed by atoms with Crippen LogP contribution in [-0.4, -0.2) is 35.5 Å². The van der Waals surface area contributed by atoms with E-state index in [-0.39, 0.29) is 5.69 Å². The van der Waals surface area contributed by atoms with Crippen molar-refractivity contribution in [2.45, 2.75) is 5.16 Å². The lowest BCUT2D eigenvalue weighted by Gasteiger charge is -2.06. The number of amides is 1. The topological polar surface area (TPSA) is 102 Å². The highest BCUT2D eigenvalue weighted by molar-refractivity contribution is 9.10. The number of nitrogens with one attached hydrogen (secondary N) is 1. The van der Waals surface area contributed by atoms with E-state index in [1.165, 1.54) is 12.4 Å². The van der Waals surface area contributed by atoms with Gasteiger partial charge in [-0.3, -0.25) is 9.78 Å². The average molecular weight is 357 g/mol. The van der Waals surface area contributed by atoms with Crippen LogP contribution in [0.1, 0.15) is 10.5 Å². The zero-order valence-electron chi connectivity index (χ0n) is 10.2. The molecule has 0 atom stereocenters. The number of sulfone groups is 1. The quantitative estimate of drug-likeness (QED) is 0.831. The molecule has 0 saturated carbocycles. The predicted octanol–water partition coefficient (Wildman–Crippen LogP) is 1.29. The van der Waals surface area contributed by atoms with Crippen molar-refractivity contribution < 1.29 is 13.2 Å². The summed E-state index contributed by atoms with van der Waals surface area (Å²) >= 11 is 3.11. The van der Waals surface area contributed by atoms with E-state index in [9.17, 15) is 13.2 Å². The van der Waals surface area contributed by atoms with Gasteiger partial charge in [-0.25, -0.2) is 18.4 Å².